The van der Waals surface area contributed by atoms with Gasteiger partial charge in [-0.2, -0.15) is 13.2 Å². The Morgan fingerprint density at radius 3 is 2.61 bits per heavy atom. The molecule has 0 saturated heterocycles. The molecular formula is C11H12ClF3N2S. The second-order valence-corrected chi connectivity index (χ2v) is 4.41. The van der Waals surface area contributed by atoms with Crippen LogP contribution in [0.3, 0.4) is 0 Å². The van der Waals surface area contributed by atoms with E-state index in [0.29, 0.717) is 6.54 Å². The van der Waals surface area contributed by atoms with E-state index in [9.17, 15) is 13.2 Å². The van der Waals surface area contributed by atoms with Gasteiger partial charge in [-0.15, -0.1) is 0 Å². The summed E-state index contributed by atoms with van der Waals surface area (Å²) < 4.78 is 38.3. The van der Waals surface area contributed by atoms with E-state index in [1.807, 2.05) is 6.92 Å². The molecule has 0 aromatic heterocycles. The van der Waals surface area contributed by atoms with E-state index in [-0.39, 0.29) is 15.8 Å². The van der Waals surface area contributed by atoms with Crippen molar-refractivity contribution in [1.82, 2.24) is 5.32 Å². The number of rotatable bonds is 3. The van der Waals surface area contributed by atoms with Crippen LogP contribution in [0, 0.1) is 0 Å². The highest BCUT2D eigenvalue weighted by atomic mass is 35.5. The standard InChI is InChI=1S/C11H12ClF3N2S/c1-2-5-16-10(18)17-9-4-3-7(12)6-8(9)11(13,14)15/h3-4,6H,2,5H2,1H3,(H2,16,17,18). The van der Waals surface area contributed by atoms with Crippen LogP contribution in [0.2, 0.25) is 5.02 Å². The van der Waals surface area contributed by atoms with Crippen LogP contribution < -0.4 is 10.6 Å². The summed E-state index contributed by atoms with van der Waals surface area (Å²) in [6.07, 6.45) is -3.65. The third kappa shape index (κ3) is 4.34. The molecule has 100 valence electrons. The minimum atomic E-state index is -4.48. The van der Waals surface area contributed by atoms with Crippen LogP contribution in [-0.2, 0) is 6.18 Å². The first-order valence-corrected chi connectivity index (χ1v) is 6.04. The second kappa shape index (κ2) is 6.24. The highest BCUT2D eigenvalue weighted by Gasteiger charge is 2.33. The molecule has 0 saturated carbocycles. The zero-order chi connectivity index (χ0) is 13.8. The molecule has 0 bridgehead atoms. The van der Waals surface area contributed by atoms with Crippen LogP contribution in [0.15, 0.2) is 18.2 Å². The Kier molecular flexibility index (Phi) is 5.22. The van der Waals surface area contributed by atoms with Gasteiger partial charge >= 0.3 is 6.18 Å². The third-order valence-electron chi connectivity index (χ3n) is 2.07. The van der Waals surface area contributed by atoms with Crippen LogP contribution in [0.25, 0.3) is 0 Å². The fraction of sp³-hybridized carbons (Fsp3) is 0.364. The molecule has 0 atom stereocenters. The number of halogens is 4. The van der Waals surface area contributed by atoms with Crippen molar-refractivity contribution >= 4 is 34.6 Å². The van der Waals surface area contributed by atoms with Crippen molar-refractivity contribution in [3.05, 3.63) is 28.8 Å². The Morgan fingerprint density at radius 1 is 1.39 bits per heavy atom. The highest BCUT2D eigenvalue weighted by Crippen LogP contribution is 2.36. The number of alkyl halides is 3. The Hall–Kier alpha value is -1.01. The smallest absolute Gasteiger partial charge is 0.362 e. The van der Waals surface area contributed by atoms with E-state index in [4.69, 9.17) is 23.8 Å². The molecule has 0 aliphatic heterocycles. The van der Waals surface area contributed by atoms with Crippen LogP contribution in [0.1, 0.15) is 18.9 Å². The van der Waals surface area contributed by atoms with E-state index in [1.54, 1.807) is 0 Å². The average molecular weight is 297 g/mol. The van der Waals surface area contributed by atoms with E-state index < -0.39 is 11.7 Å². The maximum Gasteiger partial charge on any atom is 0.418 e. The minimum Gasteiger partial charge on any atom is -0.362 e. The van der Waals surface area contributed by atoms with Crippen molar-refractivity contribution in [2.24, 2.45) is 0 Å². The van der Waals surface area contributed by atoms with Gasteiger partial charge in [0.2, 0.25) is 0 Å². The Balaban J connectivity index is 2.92. The molecule has 2 N–H and O–H groups in total. The van der Waals surface area contributed by atoms with Crippen molar-refractivity contribution in [3.63, 3.8) is 0 Å². The first-order valence-electron chi connectivity index (χ1n) is 5.26. The fourth-order valence-corrected chi connectivity index (χ4v) is 1.65. The van der Waals surface area contributed by atoms with E-state index in [2.05, 4.69) is 10.6 Å². The van der Waals surface area contributed by atoms with Crippen molar-refractivity contribution in [3.8, 4) is 0 Å². The number of hydrogen-bond donors (Lipinski definition) is 2. The zero-order valence-corrected chi connectivity index (χ0v) is 11.1. The van der Waals surface area contributed by atoms with Gasteiger partial charge in [0, 0.05) is 11.6 Å². The second-order valence-electron chi connectivity index (χ2n) is 3.57. The van der Waals surface area contributed by atoms with Crippen LogP contribution in [0.5, 0.6) is 0 Å². The van der Waals surface area contributed by atoms with Gasteiger partial charge < -0.3 is 10.6 Å². The summed E-state index contributed by atoms with van der Waals surface area (Å²) in [6, 6.07) is 3.50. The molecule has 0 spiro atoms. The molecule has 0 amide bonds. The molecule has 1 aromatic carbocycles. The summed E-state index contributed by atoms with van der Waals surface area (Å²) in [4.78, 5) is 0. The van der Waals surface area contributed by atoms with Crippen molar-refractivity contribution in [2.75, 3.05) is 11.9 Å². The normalized spacial score (nSPS) is 11.2. The molecule has 0 aliphatic rings. The van der Waals surface area contributed by atoms with Gasteiger partial charge in [-0.3, -0.25) is 0 Å². The average Bonchev–Trinajstić information content (AvgIpc) is 2.27. The topological polar surface area (TPSA) is 24.1 Å². The Morgan fingerprint density at radius 2 is 2.06 bits per heavy atom. The third-order valence-corrected chi connectivity index (χ3v) is 2.55. The summed E-state index contributed by atoms with van der Waals surface area (Å²) >= 11 is 10.5. The van der Waals surface area contributed by atoms with Gasteiger partial charge in [0.05, 0.1) is 11.3 Å². The van der Waals surface area contributed by atoms with E-state index in [1.165, 1.54) is 12.1 Å². The zero-order valence-electron chi connectivity index (χ0n) is 9.57. The lowest BCUT2D eigenvalue weighted by molar-refractivity contribution is -0.136. The first-order chi connectivity index (χ1) is 8.34. The lowest BCUT2D eigenvalue weighted by Crippen LogP contribution is -2.29. The maximum atomic E-state index is 12.8. The van der Waals surface area contributed by atoms with Crippen molar-refractivity contribution in [1.29, 1.82) is 0 Å². The van der Waals surface area contributed by atoms with Crippen LogP contribution in [-0.4, -0.2) is 11.7 Å². The molecule has 18 heavy (non-hydrogen) atoms. The quantitative estimate of drug-likeness (QED) is 0.823. The van der Waals surface area contributed by atoms with Gasteiger partial charge in [-0.25, -0.2) is 0 Å². The lowest BCUT2D eigenvalue weighted by atomic mass is 10.1. The monoisotopic (exact) mass is 296 g/mol. The molecule has 0 heterocycles. The molecule has 0 unspecified atom stereocenters. The molecule has 0 aliphatic carbocycles. The van der Waals surface area contributed by atoms with Gasteiger partial charge in [0.15, 0.2) is 5.11 Å². The maximum absolute atomic E-state index is 12.8. The SMILES string of the molecule is CCCNC(=S)Nc1ccc(Cl)cc1C(F)(F)F. The molecule has 0 radical (unpaired) electrons. The number of benzene rings is 1. The first kappa shape index (κ1) is 15.0. The molecular weight excluding hydrogens is 285 g/mol. The summed E-state index contributed by atoms with van der Waals surface area (Å²) in [5, 5.41) is 5.50. The van der Waals surface area contributed by atoms with Crippen LogP contribution in [0.4, 0.5) is 18.9 Å². The minimum absolute atomic E-state index is 0.0281. The van der Waals surface area contributed by atoms with Crippen molar-refractivity contribution < 1.29 is 13.2 Å². The van der Waals surface area contributed by atoms with Gasteiger partial charge in [0.25, 0.3) is 0 Å². The lowest BCUT2D eigenvalue weighted by Gasteiger charge is -2.16. The Labute approximate surface area is 114 Å². The van der Waals surface area contributed by atoms with E-state index in [0.717, 1.165) is 12.5 Å². The van der Waals surface area contributed by atoms with Gasteiger partial charge in [-0.05, 0) is 36.8 Å². The van der Waals surface area contributed by atoms with Crippen molar-refractivity contribution in [2.45, 2.75) is 19.5 Å². The number of anilines is 1. The Bertz CT molecular complexity index is 435. The highest BCUT2D eigenvalue weighted by molar-refractivity contribution is 7.80. The predicted molar refractivity (Wildman–Crippen MR) is 71.0 cm³/mol. The summed E-state index contributed by atoms with van der Waals surface area (Å²) in [5.41, 5.74) is -0.948. The van der Waals surface area contributed by atoms with Gasteiger partial charge in [-0.1, -0.05) is 18.5 Å². The fourth-order valence-electron chi connectivity index (χ4n) is 1.27. The summed E-state index contributed by atoms with van der Waals surface area (Å²) in [5.74, 6) is 0. The van der Waals surface area contributed by atoms with Gasteiger partial charge in [0.1, 0.15) is 0 Å². The number of nitrogens with one attached hydrogen (secondary N) is 2. The molecule has 1 aromatic rings. The molecule has 0 fully saturated rings. The summed E-state index contributed by atoms with van der Waals surface area (Å²) in [7, 11) is 0. The largest absolute Gasteiger partial charge is 0.418 e. The number of thiocarbonyl (C=S) groups is 1. The molecule has 2 nitrogen and oxygen atoms in total. The van der Waals surface area contributed by atoms with Crippen LogP contribution >= 0.6 is 23.8 Å². The number of hydrogen-bond acceptors (Lipinski definition) is 1. The molecule has 1 rings (SSSR count). The molecule has 7 heteroatoms. The van der Waals surface area contributed by atoms with E-state index >= 15 is 0 Å². The predicted octanol–water partition coefficient (Wildman–Crippen LogP) is 4.06. The summed E-state index contributed by atoms with van der Waals surface area (Å²) in [6.45, 7) is 2.53.